The molecule has 0 heterocycles. The van der Waals surface area contributed by atoms with E-state index >= 15 is 0 Å². The van der Waals surface area contributed by atoms with E-state index in [9.17, 15) is 19.5 Å². The number of rotatable bonds is 7. The number of carbonyl (C=O) groups is 3. The van der Waals surface area contributed by atoms with Crippen molar-refractivity contribution in [1.82, 2.24) is 0 Å². The van der Waals surface area contributed by atoms with E-state index in [1.54, 1.807) is 0 Å². The van der Waals surface area contributed by atoms with Crippen molar-refractivity contribution in [2.45, 2.75) is 65.4 Å². The molecule has 6 unspecified atom stereocenters. The molecule has 26 heavy (non-hydrogen) atoms. The average molecular weight is 366 g/mol. The van der Waals surface area contributed by atoms with Gasteiger partial charge in [-0.3, -0.25) is 14.4 Å². The average Bonchev–Trinajstić information content (AvgIpc) is 3.25. The van der Waals surface area contributed by atoms with Gasteiger partial charge in [0.2, 0.25) is 0 Å². The number of hydrogen-bond acceptors (Lipinski definition) is 5. The highest BCUT2D eigenvalue weighted by molar-refractivity contribution is 5.76. The van der Waals surface area contributed by atoms with Gasteiger partial charge >= 0.3 is 17.9 Å². The number of fused-ring (bicyclic) bond motifs is 5. The summed E-state index contributed by atoms with van der Waals surface area (Å²) in [5.41, 5.74) is -0.535. The summed E-state index contributed by atoms with van der Waals surface area (Å²) >= 11 is 0. The molecular weight excluding hydrogens is 336 g/mol. The Morgan fingerprint density at radius 3 is 2.38 bits per heavy atom. The van der Waals surface area contributed by atoms with Gasteiger partial charge in [0.1, 0.15) is 12.7 Å². The van der Waals surface area contributed by atoms with Gasteiger partial charge in [-0.2, -0.15) is 0 Å². The lowest BCUT2D eigenvalue weighted by atomic mass is 9.80. The highest BCUT2D eigenvalue weighted by atomic mass is 16.6. The molecule has 3 fully saturated rings. The van der Waals surface area contributed by atoms with E-state index in [2.05, 4.69) is 0 Å². The fraction of sp³-hybridized carbons (Fsp3) is 0.850. The van der Waals surface area contributed by atoms with Gasteiger partial charge in [0, 0.05) is 0 Å². The van der Waals surface area contributed by atoms with Gasteiger partial charge in [0.15, 0.2) is 0 Å². The van der Waals surface area contributed by atoms with Crippen molar-refractivity contribution in [1.29, 1.82) is 0 Å². The molecule has 1 N–H and O–H groups in total. The minimum Gasteiger partial charge on any atom is -0.481 e. The van der Waals surface area contributed by atoms with Crippen LogP contribution < -0.4 is 0 Å². The molecule has 146 valence electrons. The number of carboxylic acids is 1. The zero-order chi connectivity index (χ0) is 19.1. The number of carboxylic acid groups (broad SMARTS) is 1. The first-order chi connectivity index (χ1) is 12.2. The summed E-state index contributed by atoms with van der Waals surface area (Å²) in [4.78, 5) is 35.3. The molecule has 0 aromatic heterocycles. The molecule has 0 amide bonds. The SMILES string of the molecule is CCC(C)(C)C(=O)OCCC(=O)OC1CC2CC1C1CC(C(=O)O)CC21. The minimum atomic E-state index is -0.691. The lowest BCUT2D eigenvalue weighted by Gasteiger charge is -2.31. The number of carbonyl (C=O) groups excluding carboxylic acids is 2. The van der Waals surface area contributed by atoms with E-state index in [1.807, 2.05) is 20.8 Å². The molecule has 6 nitrogen and oxygen atoms in total. The second kappa shape index (κ2) is 7.20. The van der Waals surface area contributed by atoms with Crippen LogP contribution in [0.5, 0.6) is 0 Å². The van der Waals surface area contributed by atoms with Gasteiger partial charge in [0.25, 0.3) is 0 Å². The topological polar surface area (TPSA) is 89.9 Å². The molecular formula is C20H30O6. The lowest BCUT2D eigenvalue weighted by molar-refractivity contribution is -0.159. The summed E-state index contributed by atoms with van der Waals surface area (Å²) in [7, 11) is 0. The van der Waals surface area contributed by atoms with Crippen LogP contribution in [0.15, 0.2) is 0 Å². The van der Waals surface area contributed by atoms with Crippen LogP contribution in [-0.4, -0.2) is 35.7 Å². The van der Waals surface area contributed by atoms with Gasteiger partial charge in [-0.05, 0) is 69.6 Å². The van der Waals surface area contributed by atoms with Crippen molar-refractivity contribution in [2.75, 3.05) is 6.61 Å². The van der Waals surface area contributed by atoms with E-state index in [0.717, 1.165) is 25.7 Å². The lowest BCUT2D eigenvalue weighted by Crippen LogP contribution is -2.32. The second-order valence-electron chi connectivity index (χ2n) is 8.88. The molecule has 3 aliphatic rings. The maximum atomic E-state index is 12.1. The quantitative estimate of drug-likeness (QED) is 0.697. The number of aliphatic carboxylic acids is 1. The molecule has 3 saturated carbocycles. The monoisotopic (exact) mass is 366 g/mol. The van der Waals surface area contributed by atoms with Gasteiger partial charge in [-0.1, -0.05) is 6.92 Å². The molecule has 0 radical (unpaired) electrons. The molecule has 0 aromatic rings. The standard InChI is InChI=1S/C20H30O6/c1-4-20(2,3)19(24)25-6-5-17(21)26-16-10-11-7-15(16)14-9-12(18(22)23)8-13(11)14/h11-16H,4-10H2,1-3H3,(H,22,23). The molecule has 0 saturated heterocycles. The van der Waals surface area contributed by atoms with Crippen molar-refractivity contribution in [3.8, 4) is 0 Å². The van der Waals surface area contributed by atoms with Crippen LogP contribution in [0.2, 0.25) is 0 Å². The fourth-order valence-corrected chi connectivity index (χ4v) is 5.14. The Morgan fingerprint density at radius 1 is 1.04 bits per heavy atom. The molecule has 0 aromatic carbocycles. The Labute approximate surface area is 154 Å². The first-order valence-electron chi connectivity index (χ1n) is 9.82. The Balaban J connectivity index is 1.44. The van der Waals surface area contributed by atoms with Crippen LogP contribution >= 0.6 is 0 Å². The van der Waals surface area contributed by atoms with E-state index in [1.165, 1.54) is 0 Å². The molecule has 3 rings (SSSR count). The summed E-state index contributed by atoms with van der Waals surface area (Å²) in [6.45, 7) is 5.63. The van der Waals surface area contributed by atoms with Gasteiger partial charge in [-0.25, -0.2) is 0 Å². The maximum absolute atomic E-state index is 12.1. The summed E-state index contributed by atoms with van der Waals surface area (Å²) in [5, 5.41) is 9.26. The first-order valence-corrected chi connectivity index (χ1v) is 9.82. The smallest absolute Gasteiger partial charge is 0.311 e. The predicted molar refractivity (Wildman–Crippen MR) is 93.1 cm³/mol. The largest absolute Gasteiger partial charge is 0.481 e. The van der Waals surface area contributed by atoms with Gasteiger partial charge in [-0.15, -0.1) is 0 Å². The Morgan fingerprint density at radius 2 is 1.73 bits per heavy atom. The third-order valence-corrected chi connectivity index (χ3v) is 7.01. The highest BCUT2D eigenvalue weighted by Gasteiger charge is 2.58. The summed E-state index contributed by atoms with van der Waals surface area (Å²) in [6, 6.07) is 0. The minimum absolute atomic E-state index is 0.0506. The van der Waals surface area contributed by atoms with Crippen molar-refractivity contribution < 1.29 is 29.0 Å². The molecule has 6 heteroatoms. The van der Waals surface area contributed by atoms with E-state index in [-0.39, 0.29) is 37.0 Å². The summed E-state index contributed by atoms with van der Waals surface area (Å²) < 4.78 is 10.9. The van der Waals surface area contributed by atoms with E-state index in [0.29, 0.717) is 30.1 Å². The molecule has 0 aliphatic heterocycles. The zero-order valence-electron chi connectivity index (χ0n) is 15.9. The van der Waals surface area contributed by atoms with Crippen molar-refractivity contribution in [3.63, 3.8) is 0 Å². The van der Waals surface area contributed by atoms with Crippen molar-refractivity contribution in [3.05, 3.63) is 0 Å². The van der Waals surface area contributed by atoms with E-state index < -0.39 is 11.4 Å². The summed E-state index contributed by atoms with van der Waals surface area (Å²) in [6.07, 6.45) is 4.08. The third kappa shape index (κ3) is 3.60. The number of esters is 2. The Bertz CT molecular complexity index is 583. The highest BCUT2D eigenvalue weighted by Crippen LogP contribution is 2.60. The maximum Gasteiger partial charge on any atom is 0.311 e. The molecule has 0 spiro atoms. The predicted octanol–water partition coefficient (Wildman–Crippen LogP) is 3.03. The van der Waals surface area contributed by atoms with Gasteiger partial charge < -0.3 is 14.6 Å². The zero-order valence-corrected chi connectivity index (χ0v) is 15.9. The van der Waals surface area contributed by atoms with Crippen LogP contribution in [0, 0.1) is 35.0 Å². The Kier molecular flexibility index (Phi) is 5.31. The number of ether oxygens (including phenoxy) is 2. The first kappa shape index (κ1) is 19.2. The normalized spacial score (nSPS) is 35.2. The van der Waals surface area contributed by atoms with Crippen LogP contribution in [0.3, 0.4) is 0 Å². The van der Waals surface area contributed by atoms with E-state index in [4.69, 9.17) is 9.47 Å². The number of hydrogen-bond donors (Lipinski definition) is 1. The van der Waals surface area contributed by atoms with Crippen LogP contribution in [0.25, 0.3) is 0 Å². The molecule has 2 bridgehead atoms. The third-order valence-electron chi connectivity index (χ3n) is 7.01. The van der Waals surface area contributed by atoms with Crippen LogP contribution in [0.4, 0.5) is 0 Å². The van der Waals surface area contributed by atoms with Crippen molar-refractivity contribution >= 4 is 17.9 Å². The second-order valence-corrected chi connectivity index (χ2v) is 8.88. The van der Waals surface area contributed by atoms with Crippen LogP contribution in [-0.2, 0) is 23.9 Å². The molecule has 3 aliphatic carbocycles. The molecule has 6 atom stereocenters. The van der Waals surface area contributed by atoms with Crippen molar-refractivity contribution in [2.24, 2.45) is 35.0 Å². The summed E-state index contributed by atoms with van der Waals surface area (Å²) in [5.74, 6) is 0.143. The Hall–Kier alpha value is -1.59. The van der Waals surface area contributed by atoms with Crippen LogP contribution in [0.1, 0.15) is 59.3 Å². The fourth-order valence-electron chi connectivity index (χ4n) is 5.14. The van der Waals surface area contributed by atoms with Gasteiger partial charge in [0.05, 0.1) is 17.8 Å².